The summed E-state index contributed by atoms with van der Waals surface area (Å²) in [5, 5.41) is 0. The van der Waals surface area contributed by atoms with Crippen LogP contribution in [0.3, 0.4) is 0 Å². The van der Waals surface area contributed by atoms with Crippen LogP contribution >= 0.6 is 0 Å². The van der Waals surface area contributed by atoms with Gasteiger partial charge in [-0.05, 0) is 31.1 Å². The average Bonchev–Trinajstić information content (AvgIpc) is 3.25. The molecule has 0 radical (unpaired) electrons. The largest absolute Gasteiger partial charge is 0.472 e. The van der Waals surface area contributed by atoms with E-state index in [1.807, 2.05) is 18.3 Å². The summed E-state index contributed by atoms with van der Waals surface area (Å²) in [4.78, 5) is 11.9. The van der Waals surface area contributed by atoms with Crippen molar-refractivity contribution in [1.29, 1.82) is 0 Å². The van der Waals surface area contributed by atoms with E-state index in [1.54, 1.807) is 6.20 Å². The van der Waals surface area contributed by atoms with Gasteiger partial charge in [-0.1, -0.05) is 68.4 Å². The van der Waals surface area contributed by atoms with Crippen molar-refractivity contribution in [1.82, 2.24) is 19.4 Å². The third-order valence-electron chi connectivity index (χ3n) is 6.01. The number of pyridine rings is 1. The van der Waals surface area contributed by atoms with Crippen LogP contribution in [-0.2, 0) is 13.3 Å². The van der Waals surface area contributed by atoms with Crippen LogP contribution in [0.25, 0.3) is 33.9 Å². The molecule has 0 bridgehead atoms. The quantitative estimate of drug-likeness (QED) is 0.373. The molecule has 1 aliphatic heterocycles. The number of nitrogens with zero attached hydrogens (tertiary/aromatic N) is 4. The molecule has 5 nitrogen and oxygen atoms in total. The number of rotatable bonds is 7. The summed E-state index contributed by atoms with van der Waals surface area (Å²) in [6.07, 6.45) is 4.76. The number of benzene rings is 2. The summed E-state index contributed by atoms with van der Waals surface area (Å²) in [7, 11) is 0. The van der Waals surface area contributed by atoms with E-state index in [-0.39, 0.29) is 0 Å². The first-order chi connectivity index (χ1) is 15.8. The molecule has 0 aliphatic carbocycles. The van der Waals surface area contributed by atoms with E-state index < -0.39 is 0 Å². The Labute approximate surface area is 189 Å². The first-order valence-corrected chi connectivity index (χ1v) is 11.3. The van der Waals surface area contributed by atoms with E-state index >= 15 is 0 Å². The smallest absolute Gasteiger partial charge is 0.167 e. The van der Waals surface area contributed by atoms with Gasteiger partial charge >= 0.3 is 0 Å². The molecule has 0 unspecified atom stereocenters. The Morgan fingerprint density at radius 2 is 1.78 bits per heavy atom. The number of imidazole rings is 1. The zero-order valence-corrected chi connectivity index (χ0v) is 18.7. The summed E-state index contributed by atoms with van der Waals surface area (Å²) in [6, 6.07) is 21.2. The third-order valence-corrected chi connectivity index (χ3v) is 6.01. The highest BCUT2D eigenvalue weighted by molar-refractivity contribution is 5.83. The number of hydrogen-bond acceptors (Lipinski definition) is 4. The van der Waals surface area contributed by atoms with Crippen LogP contribution < -0.4 is 4.74 Å². The lowest BCUT2D eigenvalue weighted by Gasteiger charge is -2.20. The molecule has 32 heavy (non-hydrogen) atoms. The Morgan fingerprint density at radius 1 is 0.969 bits per heavy atom. The van der Waals surface area contributed by atoms with Crippen molar-refractivity contribution in [2.45, 2.75) is 33.5 Å². The summed E-state index contributed by atoms with van der Waals surface area (Å²) < 4.78 is 8.19. The Kier molecular flexibility index (Phi) is 5.73. The molecule has 4 aromatic rings. The second-order valence-electron chi connectivity index (χ2n) is 8.14. The van der Waals surface area contributed by atoms with Crippen LogP contribution in [0.5, 0.6) is 5.75 Å². The molecule has 0 spiro atoms. The van der Waals surface area contributed by atoms with Crippen molar-refractivity contribution in [3.8, 4) is 39.7 Å². The number of aromatic nitrogens is 3. The molecule has 2 aromatic heterocycles. The summed E-state index contributed by atoms with van der Waals surface area (Å²) in [6.45, 7) is 8.05. The fourth-order valence-corrected chi connectivity index (χ4v) is 4.38. The molecule has 1 aliphatic rings. The Morgan fingerprint density at radius 3 is 2.53 bits per heavy atom. The maximum Gasteiger partial charge on any atom is 0.167 e. The van der Waals surface area contributed by atoms with E-state index in [9.17, 15) is 0 Å². The van der Waals surface area contributed by atoms with Gasteiger partial charge in [0.25, 0.3) is 0 Å². The molecule has 162 valence electrons. The van der Waals surface area contributed by atoms with Gasteiger partial charge in [-0.3, -0.25) is 14.5 Å². The molecule has 0 N–H and O–H groups in total. The Balaban J connectivity index is 1.58. The number of ether oxygens (including phenoxy) is 1. The molecule has 0 fully saturated rings. The summed E-state index contributed by atoms with van der Waals surface area (Å²) >= 11 is 0. The normalized spacial score (nSPS) is 12.3. The molecular weight excluding hydrogens is 396 g/mol. The molecule has 0 saturated heterocycles. The van der Waals surface area contributed by atoms with Crippen molar-refractivity contribution < 1.29 is 4.74 Å². The van der Waals surface area contributed by atoms with Crippen LogP contribution in [0, 0.1) is 0 Å². The van der Waals surface area contributed by atoms with Crippen molar-refractivity contribution in [2.24, 2.45) is 0 Å². The van der Waals surface area contributed by atoms with Gasteiger partial charge in [0.05, 0.1) is 17.0 Å². The molecule has 0 saturated carbocycles. The lowest BCUT2D eigenvalue weighted by atomic mass is 10.0. The molecule has 2 aromatic carbocycles. The first-order valence-electron chi connectivity index (χ1n) is 11.3. The predicted molar refractivity (Wildman–Crippen MR) is 128 cm³/mol. The molecule has 3 heterocycles. The van der Waals surface area contributed by atoms with Crippen molar-refractivity contribution in [3.05, 3.63) is 78.6 Å². The van der Waals surface area contributed by atoms with Crippen LogP contribution in [-0.4, -0.2) is 32.5 Å². The van der Waals surface area contributed by atoms with Gasteiger partial charge in [0, 0.05) is 30.1 Å². The zero-order valence-electron chi connectivity index (χ0n) is 18.7. The third kappa shape index (κ3) is 3.80. The Hall–Kier alpha value is -3.44. The number of hydrogen-bond donors (Lipinski definition) is 0. The molecule has 5 heteroatoms. The highest BCUT2D eigenvalue weighted by Crippen LogP contribution is 2.41. The standard InChI is InChI=1S/C27H28N4O/c1-3-16-30(4-2)18-20-10-12-21(13-11-20)25-26(22-8-6-5-7-9-22)31-19-32-24-14-15-28-17-23(24)27(31)29-25/h5-15,17H,3-4,16,18-19H2,1-2H3. The second kappa shape index (κ2) is 8.97. The zero-order chi connectivity index (χ0) is 21.9. The Bertz CT molecular complexity index is 1200. The minimum atomic E-state index is 0.435. The highest BCUT2D eigenvalue weighted by atomic mass is 16.5. The first kappa shape index (κ1) is 20.5. The lowest BCUT2D eigenvalue weighted by Crippen LogP contribution is -2.23. The van der Waals surface area contributed by atoms with Gasteiger partial charge < -0.3 is 4.74 Å². The van der Waals surface area contributed by atoms with Gasteiger partial charge in [0.1, 0.15) is 11.6 Å². The van der Waals surface area contributed by atoms with Crippen LogP contribution in [0.4, 0.5) is 0 Å². The maximum absolute atomic E-state index is 6.04. The van der Waals surface area contributed by atoms with Gasteiger partial charge in [-0.15, -0.1) is 0 Å². The second-order valence-corrected chi connectivity index (χ2v) is 8.14. The fraction of sp³-hybridized carbons (Fsp3) is 0.259. The van der Waals surface area contributed by atoms with E-state index in [0.29, 0.717) is 6.73 Å². The van der Waals surface area contributed by atoms with E-state index in [2.05, 4.69) is 76.8 Å². The number of fused-ring (bicyclic) bond motifs is 3. The summed E-state index contributed by atoms with van der Waals surface area (Å²) in [5.74, 6) is 1.73. The van der Waals surface area contributed by atoms with E-state index in [1.165, 1.54) is 12.0 Å². The van der Waals surface area contributed by atoms with Gasteiger partial charge in [-0.2, -0.15) is 0 Å². The minimum Gasteiger partial charge on any atom is -0.472 e. The molecule has 0 atom stereocenters. The minimum absolute atomic E-state index is 0.435. The van der Waals surface area contributed by atoms with Crippen LogP contribution in [0.15, 0.2) is 73.1 Å². The van der Waals surface area contributed by atoms with Crippen molar-refractivity contribution >= 4 is 0 Å². The topological polar surface area (TPSA) is 43.2 Å². The monoisotopic (exact) mass is 424 g/mol. The van der Waals surface area contributed by atoms with Gasteiger partial charge in [0.2, 0.25) is 0 Å². The SMILES string of the molecule is CCCN(CC)Cc1ccc(-c2nc3n(c2-c2ccccc2)COc2ccncc2-3)cc1. The average molecular weight is 425 g/mol. The van der Waals surface area contributed by atoms with Crippen molar-refractivity contribution in [3.63, 3.8) is 0 Å². The molecular formula is C27H28N4O. The fourth-order valence-electron chi connectivity index (χ4n) is 4.38. The summed E-state index contributed by atoms with van der Waals surface area (Å²) in [5.41, 5.74) is 6.53. The maximum atomic E-state index is 6.04. The predicted octanol–water partition coefficient (Wildman–Crippen LogP) is 5.86. The lowest BCUT2D eigenvalue weighted by molar-refractivity contribution is 0.231. The van der Waals surface area contributed by atoms with Crippen LogP contribution in [0.1, 0.15) is 25.8 Å². The van der Waals surface area contributed by atoms with Crippen molar-refractivity contribution in [2.75, 3.05) is 13.1 Å². The molecule has 5 rings (SSSR count). The van der Waals surface area contributed by atoms with Gasteiger partial charge in [-0.25, -0.2) is 4.98 Å². The molecule has 0 amide bonds. The van der Waals surface area contributed by atoms with E-state index in [4.69, 9.17) is 9.72 Å². The highest BCUT2D eigenvalue weighted by Gasteiger charge is 2.26. The van der Waals surface area contributed by atoms with Gasteiger partial charge in [0.15, 0.2) is 6.73 Å². The van der Waals surface area contributed by atoms with E-state index in [0.717, 1.165) is 59.3 Å². The van der Waals surface area contributed by atoms with Crippen LogP contribution in [0.2, 0.25) is 0 Å².